The molecule has 0 radical (unpaired) electrons. The molecule has 0 saturated carbocycles. The second kappa shape index (κ2) is 6.88. The number of nitrogens with one attached hydrogen (secondary N) is 2. The molecule has 0 atom stereocenters. The minimum atomic E-state index is 0.666. The first-order valence-electron chi connectivity index (χ1n) is 7.05. The highest BCUT2D eigenvalue weighted by Gasteiger charge is 2.06. The van der Waals surface area contributed by atoms with Crippen molar-refractivity contribution < 1.29 is 0 Å². The number of nitrogens with zero attached hydrogens (tertiary/aromatic N) is 4. The molecule has 2 aromatic heterocycles. The van der Waals surface area contributed by atoms with Crippen molar-refractivity contribution in [3.05, 3.63) is 29.7 Å². The minimum Gasteiger partial charge on any atom is -0.366 e. The molecular weight excluding hydrogens is 252 g/mol. The van der Waals surface area contributed by atoms with Crippen LogP contribution >= 0.6 is 0 Å². The molecule has 2 N–H and O–H groups in total. The highest BCUT2D eigenvalue weighted by Crippen LogP contribution is 2.11. The van der Waals surface area contributed by atoms with E-state index >= 15 is 0 Å². The molecule has 0 aliphatic heterocycles. The van der Waals surface area contributed by atoms with Crippen molar-refractivity contribution in [2.75, 3.05) is 17.2 Å². The molecule has 6 nitrogen and oxygen atoms in total. The van der Waals surface area contributed by atoms with E-state index in [9.17, 15) is 0 Å². The third-order valence-electron chi connectivity index (χ3n) is 2.98. The maximum Gasteiger partial charge on any atom is 0.224 e. The molecule has 0 bridgehead atoms. The van der Waals surface area contributed by atoms with Crippen LogP contribution in [0.5, 0.6) is 0 Å². The zero-order valence-electron chi connectivity index (χ0n) is 12.3. The molecule has 0 aliphatic rings. The summed E-state index contributed by atoms with van der Waals surface area (Å²) in [7, 11) is 1.94. The Balaban J connectivity index is 1.99. The van der Waals surface area contributed by atoms with E-state index in [1.165, 1.54) is 5.56 Å². The van der Waals surface area contributed by atoms with E-state index in [0.717, 1.165) is 37.4 Å². The second-order valence-corrected chi connectivity index (χ2v) is 4.67. The Bertz CT molecular complexity index is 548. The van der Waals surface area contributed by atoms with E-state index in [0.29, 0.717) is 5.95 Å². The number of hydrogen-bond acceptors (Lipinski definition) is 5. The van der Waals surface area contributed by atoms with Crippen LogP contribution in [0.2, 0.25) is 0 Å². The Labute approximate surface area is 119 Å². The number of hydrogen-bond donors (Lipinski definition) is 2. The predicted molar refractivity (Wildman–Crippen MR) is 80.7 cm³/mol. The summed E-state index contributed by atoms with van der Waals surface area (Å²) in [6.45, 7) is 5.83. The lowest BCUT2D eigenvalue weighted by Crippen LogP contribution is -2.07. The Kier molecular flexibility index (Phi) is 4.92. The van der Waals surface area contributed by atoms with Gasteiger partial charge in [-0.05, 0) is 18.9 Å². The van der Waals surface area contributed by atoms with E-state index in [-0.39, 0.29) is 0 Å². The summed E-state index contributed by atoms with van der Waals surface area (Å²) >= 11 is 0. The molecule has 0 amide bonds. The van der Waals surface area contributed by atoms with E-state index in [1.807, 2.05) is 24.0 Å². The van der Waals surface area contributed by atoms with Gasteiger partial charge in [0.25, 0.3) is 0 Å². The summed E-state index contributed by atoms with van der Waals surface area (Å²) < 4.78 is 1.85. The van der Waals surface area contributed by atoms with Crippen molar-refractivity contribution in [2.45, 2.75) is 33.2 Å². The third-order valence-corrected chi connectivity index (χ3v) is 2.98. The fourth-order valence-corrected chi connectivity index (χ4v) is 1.99. The van der Waals surface area contributed by atoms with Gasteiger partial charge in [0, 0.05) is 38.1 Å². The van der Waals surface area contributed by atoms with E-state index < -0.39 is 0 Å². The summed E-state index contributed by atoms with van der Waals surface area (Å²) in [5.41, 5.74) is 2.33. The van der Waals surface area contributed by atoms with Crippen LogP contribution in [0.3, 0.4) is 0 Å². The molecule has 2 heterocycles. The molecule has 0 fully saturated rings. The fourth-order valence-electron chi connectivity index (χ4n) is 1.99. The smallest absolute Gasteiger partial charge is 0.224 e. The first-order valence-corrected chi connectivity index (χ1v) is 7.05. The zero-order valence-corrected chi connectivity index (χ0v) is 12.3. The summed E-state index contributed by atoms with van der Waals surface area (Å²) in [5.74, 6) is 1.49. The topological polar surface area (TPSA) is 67.7 Å². The normalized spacial score (nSPS) is 10.6. The molecule has 0 aliphatic carbocycles. The first-order chi connectivity index (χ1) is 9.72. The largest absolute Gasteiger partial charge is 0.366 e. The van der Waals surface area contributed by atoms with Gasteiger partial charge >= 0.3 is 0 Å². The van der Waals surface area contributed by atoms with Gasteiger partial charge in [-0.1, -0.05) is 13.8 Å². The van der Waals surface area contributed by atoms with Gasteiger partial charge in [0.1, 0.15) is 5.82 Å². The zero-order chi connectivity index (χ0) is 14.4. The summed E-state index contributed by atoms with van der Waals surface area (Å²) in [5, 5.41) is 10.9. The lowest BCUT2D eigenvalue weighted by molar-refractivity contribution is 0.746. The van der Waals surface area contributed by atoms with Gasteiger partial charge in [-0.15, -0.1) is 0 Å². The standard InChI is InChI=1S/C14H22N6/c1-4-7-15-14-16-8-6-13(18-14)17-9-11-10-20(3)19-12(11)5-2/h6,8,10H,4-5,7,9H2,1-3H3,(H2,15,16,17,18). The van der Waals surface area contributed by atoms with Crippen LogP contribution in [-0.4, -0.2) is 26.3 Å². The summed E-state index contributed by atoms with van der Waals surface area (Å²) in [4.78, 5) is 8.62. The van der Waals surface area contributed by atoms with Crippen molar-refractivity contribution in [3.63, 3.8) is 0 Å². The lowest BCUT2D eigenvalue weighted by Gasteiger charge is -2.07. The number of aromatic nitrogens is 4. The van der Waals surface area contributed by atoms with Crippen molar-refractivity contribution in [1.82, 2.24) is 19.7 Å². The van der Waals surface area contributed by atoms with Crippen LogP contribution in [0.15, 0.2) is 18.5 Å². The van der Waals surface area contributed by atoms with Crippen molar-refractivity contribution in [2.24, 2.45) is 7.05 Å². The van der Waals surface area contributed by atoms with Crippen LogP contribution in [0.25, 0.3) is 0 Å². The average molecular weight is 274 g/mol. The highest BCUT2D eigenvalue weighted by atomic mass is 15.3. The number of anilines is 2. The van der Waals surface area contributed by atoms with E-state index in [4.69, 9.17) is 0 Å². The molecule has 20 heavy (non-hydrogen) atoms. The van der Waals surface area contributed by atoms with Gasteiger partial charge in [-0.2, -0.15) is 10.1 Å². The van der Waals surface area contributed by atoms with Gasteiger partial charge in [-0.3, -0.25) is 4.68 Å². The van der Waals surface area contributed by atoms with Gasteiger partial charge < -0.3 is 10.6 Å². The maximum absolute atomic E-state index is 4.43. The molecular formula is C14H22N6. The van der Waals surface area contributed by atoms with Crippen molar-refractivity contribution in [1.29, 1.82) is 0 Å². The Morgan fingerprint density at radius 3 is 2.85 bits per heavy atom. The van der Waals surface area contributed by atoms with E-state index in [2.05, 4.69) is 39.5 Å². The third kappa shape index (κ3) is 3.69. The summed E-state index contributed by atoms with van der Waals surface area (Å²) in [6.07, 6.45) is 5.79. The van der Waals surface area contributed by atoms with Gasteiger partial charge in [0.2, 0.25) is 5.95 Å². The molecule has 2 rings (SSSR count). The number of aryl methyl sites for hydroxylation is 2. The molecule has 108 valence electrons. The Morgan fingerprint density at radius 1 is 1.25 bits per heavy atom. The molecule has 0 saturated heterocycles. The van der Waals surface area contributed by atoms with E-state index in [1.54, 1.807) is 6.20 Å². The Hall–Kier alpha value is -2.11. The average Bonchev–Trinajstić information content (AvgIpc) is 2.83. The minimum absolute atomic E-state index is 0.666. The van der Waals surface area contributed by atoms with Crippen LogP contribution in [0.4, 0.5) is 11.8 Å². The quantitative estimate of drug-likeness (QED) is 0.810. The SMILES string of the molecule is CCCNc1nccc(NCc2cn(C)nc2CC)n1. The van der Waals surface area contributed by atoms with Crippen LogP contribution in [-0.2, 0) is 20.0 Å². The Morgan fingerprint density at radius 2 is 2.10 bits per heavy atom. The maximum atomic E-state index is 4.43. The van der Waals surface area contributed by atoms with Gasteiger partial charge in [-0.25, -0.2) is 4.98 Å². The molecule has 0 spiro atoms. The molecule has 0 unspecified atom stereocenters. The molecule has 0 aromatic carbocycles. The molecule has 6 heteroatoms. The van der Waals surface area contributed by atoms with Gasteiger partial charge in [0.15, 0.2) is 0 Å². The van der Waals surface area contributed by atoms with Crippen molar-refractivity contribution in [3.8, 4) is 0 Å². The van der Waals surface area contributed by atoms with Crippen molar-refractivity contribution >= 4 is 11.8 Å². The highest BCUT2D eigenvalue weighted by molar-refractivity contribution is 5.40. The first kappa shape index (κ1) is 14.3. The summed E-state index contributed by atoms with van der Waals surface area (Å²) in [6, 6.07) is 1.87. The molecule has 2 aromatic rings. The number of rotatable bonds is 7. The lowest BCUT2D eigenvalue weighted by atomic mass is 10.2. The van der Waals surface area contributed by atoms with Gasteiger partial charge in [0.05, 0.1) is 5.69 Å². The van der Waals surface area contributed by atoms with Crippen LogP contribution in [0, 0.1) is 0 Å². The van der Waals surface area contributed by atoms with Crippen LogP contribution < -0.4 is 10.6 Å². The van der Waals surface area contributed by atoms with Crippen LogP contribution in [0.1, 0.15) is 31.5 Å². The fraction of sp³-hybridized carbons (Fsp3) is 0.500. The predicted octanol–water partition coefficient (Wildman–Crippen LogP) is 2.21. The monoisotopic (exact) mass is 274 g/mol. The second-order valence-electron chi connectivity index (χ2n) is 4.67.